The van der Waals surface area contributed by atoms with E-state index >= 15 is 0 Å². The maximum atomic E-state index is 12.5. The standard InChI is InChI=1S/C14H16N4O3/c1-17(11-5-3-6-15-13(11)20-2)14(19)10-9-12-18(16-10)7-4-8-21-12/h3,5-6,9H,4,7-8H2,1-2H3. The van der Waals surface area contributed by atoms with Crippen molar-refractivity contribution >= 4 is 11.6 Å². The van der Waals surface area contributed by atoms with E-state index in [2.05, 4.69) is 10.1 Å². The Balaban J connectivity index is 1.89. The SMILES string of the molecule is COc1ncccc1N(C)C(=O)c1cc2n(n1)CCCO2. The molecule has 0 radical (unpaired) electrons. The van der Waals surface area contributed by atoms with Crippen molar-refractivity contribution in [1.82, 2.24) is 14.8 Å². The Morgan fingerprint density at radius 1 is 1.52 bits per heavy atom. The smallest absolute Gasteiger partial charge is 0.278 e. The van der Waals surface area contributed by atoms with E-state index < -0.39 is 0 Å². The van der Waals surface area contributed by atoms with Crippen molar-refractivity contribution in [2.24, 2.45) is 0 Å². The van der Waals surface area contributed by atoms with Crippen molar-refractivity contribution in [2.75, 3.05) is 25.7 Å². The lowest BCUT2D eigenvalue weighted by Crippen LogP contribution is -2.27. The molecule has 0 saturated heterocycles. The summed E-state index contributed by atoms with van der Waals surface area (Å²) in [5.74, 6) is 0.802. The Morgan fingerprint density at radius 2 is 2.38 bits per heavy atom. The summed E-state index contributed by atoms with van der Waals surface area (Å²) in [6.07, 6.45) is 2.51. The minimum Gasteiger partial charge on any atom is -0.480 e. The first-order valence-corrected chi connectivity index (χ1v) is 6.68. The number of nitrogens with zero attached hydrogens (tertiary/aromatic N) is 4. The molecule has 0 bridgehead atoms. The molecule has 21 heavy (non-hydrogen) atoms. The highest BCUT2D eigenvalue weighted by Crippen LogP contribution is 2.26. The third kappa shape index (κ3) is 2.42. The molecule has 2 aromatic heterocycles. The van der Waals surface area contributed by atoms with E-state index in [1.165, 1.54) is 12.0 Å². The number of rotatable bonds is 3. The molecule has 0 fully saturated rings. The van der Waals surface area contributed by atoms with Crippen LogP contribution in [0.1, 0.15) is 16.9 Å². The highest BCUT2D eigenvalue weighted by atomic mass is 16.5. The maximum Gasteiger partial charge on any atom is 0.278 e. The molecule has 7 heteroatoms. The lowest BCUT2D eigenvalue weighted by molar-refractivity contribution is 0.0986. The van der Waals surface area contributed by atoms with E-state index in [9.17, 15) is 4.79 Å². The summed E-state index contributed by atoms with van der Waals surface area (Å²) in [6, 6.07) is 5.19. The van der Waals surface area contributed by atoms with Gasteiger partial charge in [-0.05, 0) is 12.1 Å². The third-order valence-electron chi connectivity index (χ3n) is 3.34. The molecule has 0 saturated carbocycles. The number of hydrogen-bond donors (Lipinski definition) is 0. The molecular weight excluding hydrogens is 272 g/mol. The van der Waals surface area contributed by atoms with Crippen LogP contribution in [0.25, 0.3) is 0 Å². The van der Waals surface area contributed by atoms with E-state index in [4.69, 9.17) is 9.47 Å². The second kappa shape index (κ2) is 5.43. The number of aryl methyl sites for hydroxylation is 1. The number of carbonyl (C=O) groups excluding carboxylic acids is 1. The van der Waals surface area contributed by atoms with Crippen LogP contribution in [-0.4, -0.2) is 41.4 Å². The zero-order chi connectivity index (χ0) is 14.8. The summed E-state index contributed by atoms with van der Waals surface area (Å²) in [5.41, 5.74) is 0.942. The number of pyridine rings is 1. The summed E-state index contributed by atoms with van der Waals surface area (Å²) in [6.45, 7) is 1.42. The van der Waals surface area contributed by atoms with Gasteiger partial charge in [0.05, 0.1) is 13.7 Å². The maximum absolute atomic E-state index is 12.5. The molecule has 0 spiro atoms. The Morgan fingerprint density at radius 3 is 3.14 bits per heavy atom. The highest BCUT2D eigenvalue weighted by Gasteiger charge is 2.23. The molecule has 3 heterocycles. The van der Waals surface area contributed by atoms with Crippen LogP contribution in [0.2, 0.25) is 0 Å². The van der Waals surface area contributed by atoms with Crippen molar-refractivity contribution in [2.45, 2.75) is 13.0 Å². The molecular formula is C14H16N4O3. The topological polar surface area (TPSA) is 69.5 Å². The van der Waals surface area contributed by atoms with Gasteiger partial charge < -0.3 is 14.4 Å². The van der Waals surface area contributed by atoms with E-state index in [1.54, 1.807) is 36.1 Å². The molecule has 7 nitrogen and oxygen atoms in total. The van der Waals surface area contributed by atoms with Gasteiger partial charge in [0.1, 0.15) is 5.69 Å². The zero-order valence-electron chi connectivity index (χ0n) is 11.9. The zero-order valence-corrected chi connectivity index (χ0v) is 11.9. The molecule has 0 atom stereocenters. The van der Waals surface area contributed by atoms with Gasteiger partial charge in [0.2, 0.25) is 11.8 Å². The van der Waals surface area contributed by atoms with Crippen LogP contribution in [0.15, 0.2) is 24.4 Å². The first-order valence-electron chi connectivity index (χ1n) is 6.68. The van der Waals surface area contributed by atoms with Crippen LogP contribution < -0.4 is 14.4 Å². The highest BCUT2D eigenvalue weighted by molar-refractivity contribution is 6.05. The Kier molecular flexibility index (Phi) is 3.47. The summed E-state index contributed by atoms with van der Waals surface area (Å²) in [4.78, 5) is 18.1. The van der Waals surface area contributed by atoms with Gasteiger partial charge in [-0.2, -0.15) is 5.10 Å². The minimum atomic E-state index is -0.230. The van der Waals surface area contributed by atoms with Crippen LogP contribution in [0, 0.1) is 0 Å². The van der Waals surface area contributed by atoms with E-state index in [0.717, 1.165) is 13.0 Å². The molecule has 1 aliphatic rings. The van der Waals surface area contributed by atoms with Gasteiger partial charge >= 0.3 is 0 Å². The number of ether oxygens (including phenoxy) is 2. The fourth-order valence-electron chi connectivity index (χ4n) is 2.25. The van der Waals surface area contributed by atoms with Crippen molar-refractivity contribution in [3.05, 3.63) is 30.1 Å². The van der Waals surface area contributed by atoms with Gasteiger partial charge in [-0.3, -0.25) is 4.79 Å². The van der Waals surface area contributed by atoms with Crippen LogP contribution in [0.3, 0.4) is 0 Å². The van der Waals surface area contributed by atoms with Crippen molar-refractivity contribution in [3.63, 3.8) is 0 Å². The molecule has 2 aromatic rings. The van der Waals surface area contributed by atoms with E-state index in [-0.39, 0.29) is 5.91 Å². The predicted octanol–water partition coefficient (Wildman–Crippen LogP) is 1.35. The average Bonchev–Trinajstić information content (AvgIpc) is 2.97. The van der Waals surface area contributed by atoms with Gasteiger partial charge in [0, 0.05) is 32.3 Å². The van der Waals surface area contributed by atoms with E-state index in [1.807, 2.05) is 0 Å². The van der Waals surface area contributed by atoms with E-state index in [0.29, 0.717) is 29.7 Å². The van der Waals surface area contributed by atoms with Crippen molar-refractivity contribution < 1.29 is 14.3 Å². The normalized spacial score (nSPS) is 13.2. The van der Waals surface area contributed by atoms with Crippen LogP contribution in [0.5, 0.6) is 11.8 Å². The Hall–Kier alpha value is -2.57. The Bertz CT molecular complexity index is 644. The molecule has 1 aliphatic heterocycles. The van der Waals surface area contributed by atoms with Gasteiger partial charge in [0.25, 0.3) is 5.91 Å². The van der Waals surface area contributed by atoms with Crippen LogP contribution in [0.4, 0.5) is 5.69 Å². The average molecular weight is 288 g/mol. The number of anilines is 1. The van der Waals surface area contributed by atoms with Gasteiger partial charge in [0.15, 0.2) is 5.69 Å². The molecule has 0 N–H and O–H groups in total. The fraction of sp³-hybridized carbons (Fsp3) is 0.357. The van der Waals surface area contributed by atoms with Gasteiger partial charge in [-0.15, -0.1) is 0 Å². The van der Waals surface area contributed by atoms with Gasteiger partial charge in [-0.1, -0.05) is 0 Å². The second-order valence-corrected chi connectivity index (χ2v) is 4.69. The predicted molar refractivity (Wildman–Crippen MR) is 75.9 cm³/mol. The number of aromatic nitrogens is 3. The number of carbonyl (C=O) groups is 1. The minimum absolute atomic E-state index is 0.230. The number of fused-ring (bicyclic) bond motifs is 1. The monoisotopic (exact) mass is 288 g/mol. The summed E-state index contributed by atoms with van der Waals surface area (Å²) >= 11 is 0. The summed E-state index contributed by atoms with van der Waals surface area (Å²) < 4.78 is 12.4. The molecule has 0 unspecified atom stereocenters. The summed E-state index contributed by atoms with van der Waals surface area (Å²) in [5, 5.41) is 4.29. The lowest BCUT2D eigenvalue weighted by Gasteiger charge is -2.17. The number of methoxy groups -OCH3 is 1. The number of amides is 1. The Labute approximate surface area is 122 Å². The summed E-state index contributed by atoms with van der Waals surface area (Å²) in [7, 11) is 3.19. The van der Waals surface area contributed by atoms with Crippen molar-refractivity contribution in [3.8, 4) is 11.8 Å². The molecule has 110 valence electrons. The van der Waals surface area contributed by atoms with Crippen LogP contribution in [-0.2, 0) is 6.54 Å². The lowest BCUT2D eigenvalue weighted by atomic mass is 10.3. The first kappa shape index (κ1) is 13.4. The second-order valence-electron chi connectivity index (χ2n) is 4.69. The number of hydrogen-bond acceptors (Lipinski definition) is 5. The molecule has 0 aromatic carbocycles. The van der Waals surface area contributed by atoms with Gasteiger partial charge in [-0.25, -0.2) is 9.67 Å². The van der Waals surface area contributed by atoms with Crippen molar-refractivity contribution in [1.29, 1.82) is 0 Å². The molecule has 1 amide bonds. The quantitative estimate of drug-likeness (QED) is 0.852. The third-order valence-corrected chi connectivity index (χ3v) is 3.34. The largest absolute Gasteiger partial charge is 0.480 e. The van der Waals surface area contributed by atoms with Crippen LogP contribution >= 0.6 is 0 Å². The fourth-order valence-corrected chi connectivity index (χ4v) is 2.25. The molecule has 0 aliphatic carbocycles. The molecule has 3 rings (SSSR count). The first-order chi connectivity index (χ1) is 10.2.